The molecule has 4 unspecified atom stereocenters. The lowest BCUT2D eigenvalue weighted by Crippen LogP contribution is -2.48. The van der Waals surface area contributed by atoms with Crippen molar-refractivity contribution in [3.05, 3.63) is 71.3 Å². The van der Waals surface area contributed by atoms with E-state index in [2.05, 4.69) is 4.90 Å². The second-order valence-electron chi connectivity index (χ2n) is 8.93. The van der Waals surface area contributed by atoms with Gasteiger partial charge in [0, 0.05) is 12.6 Å². The van der Waals surface area contributed by atoms with Gasteiger partial charge >= 0.3 is 0 Å². The van der Waals surface area contributed by atoms with Gasteiger partial charge in [0.05, 0.1) is 18.8 Å². The Balaban J connectivity index is 1.45. The minimum atomic E-state index is -0.832. The molecule has 0 bridgehead atoms. The number of benzene rings is 2. The van der Waals surface area contributed by atoms with Crippen molar-refractivity contribution in [3.63, 3.8) is 0 Å². The van der Waals surface area contributed by atoms with E-state index in [1.54, 1.807) is 24.3 Å². The zero-order chi connectivity index (χ0) is 22.7. The average Bonchev–Trinajstić information content (AvgIpc) is 3.15. The second kappa shape index (κ2) is 10.1. The zero-order valence-corrected chi connectivity index (χ0v) is 18.0. The van der Waals surface area contributed by atoms with Crippen molar-refractivity contribution in [3.8, 4) is 0 Å². The van der Waals surface area contributed by atoms with Crippen molar-refractivity contribution in [1.82, 2.24) is 4.90 Å². The predicted molar refractivity (Wildman–Crippen MR) is 117 cm³/mol. The Bertz CT molecular complexity index is 861. The molecule has 1 saturated heterocycles. The van der Waals surface area contributed by atoms with Crippen molar-refractivity contribution in [1.29, 1.82) is 0 Å². The monoisotopic (exact) mass is 444 g/mol. The number of β-amino-alcohol motifs (C(OH)–C–C–N with tert-alkyl or cyclic N) is 1. The third-order valence-electron chi connectivity index (χ3n) is 6.77. The molecule has 1 aliphatic heterocycles. The molecule has 4 rings (SSSR count). The predicted octanol–water partition coefficient (Wildman–Crippen LogP) is 3.55. The van der Waals surface area contributed by atoms with E-state index in [9.17, 15) is 18.7 Å². The summed E-state index contributed by atoms with van der Waals surface area (Å²) in [5.74, 6) is -0.621. The summed E-state index contributed by atoms with van der Waals surface area (Å²) in [5, 5.41) is 10.8. The maximum Gasteiger partial charge on any atom is 0.234 e. The van der Waals surface area contributed by atoms with Crippen LogP contribution in [0, 0.1) is 17.6 Å². The molecule has 4 atom stereocenters. The van der Waals surface area contributed by atoms with Gasteiger partial charge in [0.15, 0.2) is 0 Å². The third kappa shape index (κ3) is 5.17. The van der Waals surface area contributed by atoms with Crippen molar-refractivity contribution in [2.75, 3.05) is 13.2 Å². The lowest BCUT2D eigenvalue weighted by Gasteiger charge is -2.34. The SMILES string of the molecule is NC(=O)C1CC2CCCCC2N1CC(O)COC(c1ccc(F)cc1)c1ccc(F)cc1. The van der Waals surface area contributed by atoms with Gasteiger partial charge in [0.1, 0.15) is 17.7 Å². The molecule has 0 radical (unpaired) electrons. The van der Waals surface area contributed by atoms with Crippen LogP contribution in [-0.4, -0.2) is 47.3 Å². The number of halogens is 2. The van der Waals surface area contributed by atoms with Crippen LogP contribution >= 0.6 is 0 Å². The molecular weight excluding hydrogens is 414 g/mol. The first-order chi connectivity index (χ1) is 15.4. The highest BCUT2D eigenvalue weighted by atomic mass is 19.1. The molecule has 32 heavy (non-hydrogen) atoms. The standard InChI is InChI=1S/C25H30F2N2O3/c26-19-9-5-16(6-10-19)24(17-7-11-20(27)12-8-17)32-15-21(30)14-29-22-4-2-1-3-18(22)13-23(29)25(28)31/h5-12,18,21-24,30H,1-4,13-15H2,(H2,28,31). The zero-order valence-electron chi connectivity index (χ0n) is 18.0. The number of fused-ring (bicyclic) bond motifs is 1. The molecule has 172 valence electrons. The number of nitrogens with two attached hydrogens (primary N) is 1. The van der Waals surface area contributed by atoms with Gasteiger partial charge in [-0.05, 0) is 60.6 Å². The summed E-state index contributed by atoms with van der Waals surface area (Å²) < 4.78 is 32.9. The van der Waals surface area contributed by atoms with Crippen LogP contribution in [0.3, 0.4) is 0 Å². The van der Waals surface area contributed by atoms with E-state index in [1.165, 1.54) is 30.7 Å². The van der Waals surface area contributed by atoms with E-state index in [0.29, 0.717) is 23.6 Å². The Labute approximate surface area is 187 Å². The van der Waals surface area contributed by atoms with Crippen LogP contribution < -0.4 is 5.73 Å². The van der Waals surface area contributed by atoms with Crippen LogP contribution in [0.25, 0.3) is 0 Å². The largest absolute Gasteiger partial charge is 0.389 e. The number of carbonyl (C=O) groups is 1. The fourth-order valence-corrected chi connectivity index (χ4v) is 5.26. The second-order valence-corrected chi connectivity index (χ2v) is 8.93. The molecule has 1 aliphatic carbocycles. The number of aliphatic hydroxyl groups excluding tert-OH is 1. The molecule has 0 spiro atoms. The number of hydrogen-bond donors (Lipinski definition) is 2. The van der Waals surface area contributed by atoms with Gasteiger partial charge in [0.2, 0.25) is 5.91 Å². The lowest BCUT2D eigenvalue weighted by molar-refractivity contribution is -0.123. The Kier molecular flexibility index (Phi) is 7.18. The number of nitrogens with zero attached hydrogens (tertiary/aromatic N) is 1. The van der Waals surface area contributed by atoms with Crippen molar-refractivity contribution in [2.45, 2.75) is 56.4 Å². The first kappa shape index (κ1) is 22.8. The number of aliphatic hydroxyl groups is 1. The maximum atomic E-state index is 13.4. The molecular formula is C25H30F2N2O3. The Morgan fingerprint density at radius 3 is 2.16 bits per heavy atom. The summed E-state index contributed by atoms with van der Waals surface area (Å²) in [6.07, 6.45) is 3.72. The molecule has 2 aliphatic rings. The molecule has 1 amide bonds. The molecule has 2 aromatic carbocycles. The Morgan fingerprint density at radius 2 is 1.59 bits per heavy atom. The van der Waals surface area contributed by atoms with Crippen LogP contribution in [0.5, 0.6) is 0 Å². The van der Waals surface area contributed by atoms with Gasteiger partial charge in [0.25, 0.3) is 0 Å². The summed E-state index contributed by atoms with van der Waals surface area (Å²) in [4.78, 5) is 14.1. The smallest absolute Gasteiger partial charge is 0.234 e. The van der Waals surface area contributed by atoms with Crippen molar-refractivity contribution >= 4 is 5.91 Å². The van der Waals surface area contributed by atoms with E-state index >= 15 is 0 Å². The highest BCUT2D eigenvalue weighted by Crippen LogP contribution is 2.39. The summed E-state index contributed by atoms with van der Waals surface area (Å²) in [7, 11) is 0. The minimum absolute atomic E-state index is 0.0127. The fraction of sp³-hybridized carbons (Fsp3) is 0.480. The van der Waals surface area contributed by atoms with E-state index in [0.717, 1.165) is 25.7 Å². The fourth-order valence-electron chi connectivity index (χ4n) is 5.26. The number of primary amides is 1. The third-order valence-corrected chi connectivity index (χ3v) is 6.77. The molecule has 2 fully saturated rings. The Morgan fingerprint density at radius 1 is 1.03 bits per heavy atom. The number of amides is 1. The number of likely N-dealkylation sites (tertiary alicyclic amines) is 1. The van der Waals surface area contributed by atoms with Crippen LogP contribution in [0.15, 0.2) is 48.5 Å². The number of hydrogen-bond acceptors (Lipinski definition) is 4. The summed E-state index contributed by atoms with van der Waals surface area (Å²) in [5.41, 5.74) is 7.07. The normalized spacial score (nSPS) is 24.4. The Hall–Kier alpha value is -2.35. The molecule has 0 aromatic heterocycles. The van der Waals surface area contributed by atoms with Gasteiger partial charge in [-0.2, -0.15) is 0 Å². The topological polar surface area (TPSA) is 75.8 Å². The highest BCUT2D eigenvalue weighted by molar-refractivity contribution is 5.80. The van der Waals surface area contributed by atoms with E-state index in [1.807, 2.05) is 0 Å². The number of ether oxygens (including phenoxy) is 1. The van der Waals surface area contributed by atoms with Gasteiger partial charge in [-0.3, -0.25) is 9.69 Å². The average molecular weight is 445 g/mol. The lowest BCUT2D eigenvalue weighted by atomic mass is 9.84. The van der Waals surface area contributed by atoms with E-state index < -0.39 is 12.2 Å². The van der Waals surface area contributed by atoms with Crippen molar-refractivity contribution < 1.29 is 23.4 Å². The van der Waals surface area contributed by atoms with E-state index in [-0.39, 0.29) is 36.2 Å². The molecule has 1 heterocycles. The van der Waals surface area contributed by atoms with E-state index in [4.69, 9.17) is 10.5 Å². The molecule has 2 aromatic rings. The quantitative estimate of drug-likeness (QED) is 0.653. The molecule has 7 heteroatoms. The molecule has 1 saturated carbocycles. The number of rotatable bonds is 8. The maximum absolute atomic E-state index is 13.4. The van der Waals surface area contributed by atoms with Gasteiger partial charge in [-0.25, -0.2) is 8.78 Å². The minimum Gasteiger partial charge on any atom is -0.389 e. The molecule has 3 N–H and O–H groups in total. The van der Waals surface area contributed by atoms with Crippen molar-refractivity contribution in [2.24, 2.45) is 11.7 Å². The highest BCUT2D eigenvalue weighted by Gasteiger charge is 2.44. The summed E-state index contributed by atoms with van der Waals surface area (Å²) in [6.45, 7) is 0.313. The summed E-state index contributed by atoms with van der Waals surface area (Å²) in [6, 6.07) is 11.7. The van der Waals surface area contributed by atoms with Crippen LogP contribution in [0.1, 0.15) is 49.3 Å². The first-order valence-corrected chi connectivity index (χ1v) is 11.3. The van der Waals surface area contributed by atoms with Crippen LogP contribution in [0.4, 0.5) is 8.78 Å². The van der Waals surface area contributed by atoms with Gasteiger partial charge in [-0.1, -0.05) is 37.1 Å². The van der Waals surface area contributed by atoms with Crippen LogP contribution in [-0.2, 0) is 9.53 Å². The summed E-state index contributed by atoms with van der Waals surface area (Å²) >= 11 is 0. The van der Waals surface area contributed by atoms with Gasteiger partial charge in [-0.15, -0.1) is 0 Å². The number of carbonyl (C=O) groups excluding carboxylic acids is 1. The van der Waals surface area contributed by atoms with Crippen LogP contribution in [0.2, 0.25) is 0 Å². The van der Waals surface area contributed by atoms with Gasteiger partial charge < -0.3 is 15.6 Å². The first-order valence-electron chi connectivity index (χ1n) is 11.3. The molecule has 5 nitrogen and oxygen atoms in total.